The molecule has 92 valence electrons. The summed E-state index contributed by atoms with van der Waals surface area (Å²) in [7, 11) is 0. The molecule has 0 radical (unpaired) electrons. The molecule has 1 N–H and O–H groups in total. The number of carboxylic acid groups (broad SMARTS) is 1. The van der Waals surface area contributed by atoms with Gasteiger partial charge >= 0.3 is 5.97 Å². The molecule has 0 amide bonds. The third kappa shape index (κ3) is 1.74. The molecule has 1 aliphatic carbocycles. The molecule has 2 unspecified atom stereocenters. The predicted octanol–water partition coefficient (Wildman–Crippen LogP) is 3.13. The van der Waals surface area contributed by atoms with Crippen molar-refractivity contribution < 1.29 is 14.3 Å². The van der Waals surface area contributed by atoms with Crippen LogP contribution in [0.4, 0.5) is 4.39 Å². The van der Waals surface area contributed by atoms with Gasteiger partial charge < -0.3 is 5.11 Å². The minimum Gasteiger partial charge on any atom is -0.481 e. The van der Waals surface area contributed by atoms with E-state index in [1.54, 1.807) is 19.1 Å². The smallest absolute Gasteiger partial charge is 0.314 e. The van der Waals surface area contributed by atoms with Gasteiger partial charge in [-0.1, -0.05) is 26.0 Å². The lowest BCUT2D eigenvalue weighted by Crippen LogP contribution is -2.24. The number of aliphatic carboxylic acids is 1. The van der Waals surface area contributed by atoms with Gasteiger partial charge in [-0.15, -0.1) is 0 Å². The third-order valence-electron chi connectivity index (χ3n) is 3.87. The summed E-state index contributed by atoms with van der Waals surface area (Å²) < 4.78 is 13.2. The highest BCUT2D eigenvalue weighted by molar-refractivity contribution is 5.86. The van der Waals surface area contributed by atoms with Gasteiger partial charge in [0.2, 0.25) is 0 Å². The lowest BCUT2D eigenvalue weighted by molar-refractivity contribution is -0.140. The first kappa shape index (κ1) is 12.1. The fourth-order valence-corrected chi connectivity index (χ4v) is 2.72. The van der Waals surface area contributed by atoms with Crippen molar-refractivity contribution in [1.29, 1.82) is 0 Å². The highest BCUT2D eigenvalue weighted by Crippen LogP contribution is 2.58. The van der Waals surface area contributed by atoms with Crippen LogP contribution >= 0.6 is 0 Å². The number of halogens is 1. The van der Waals surface area contributed by atoms with Gasteiger partial charge in [0.25, 0.3) is 0 Å². The molecule has 0 spiro atoms. The van der Waals surface area contributed by atoms with Crippen molar-refractivity contribution in [2.75, 3.05) is 0 Å². The maximum Gasteiger partial charge on any atom is 0.314 e. The highest BCUT2D eigenvalue weighted by atomic mass is 19.1. The Balaban J connectivity index is 2.43. The summed E-state index contributed by atoms with van der Waals surface area (Å²) in [6.07, 6.45) is 0.658. The molecule has 0 saturated heterocycles. The van der Waals surface area contributed by atoms with Gasteiger partial charge in [0, 0.05) is 0 Å². The SMILES string of the molecule is Cc1cc(C2(C(=O)O)CC2C(C)C)ccc1F. The molecule has 0 aliphatic heterocycles. The normalized spacial score (nSPS) is 27.2. The summed E-state index contributed by atoms with van der Waals surface area (Å²) in [4.78, 5) is 11.5. The number of carboxylic acids is 1. The fraction of sp³-hybridized carbons (Fsp3) is 0.500. The molecule has 2 rings (SSSR count). The standard InChI is InChI=1S/C14H17FO2/c1-8(2)11-7-14(11,13(16)17)10-4-5-12(15)9(3)6-10/h4-6,8,11H,7H2,1-3H3,(H,16,17). The van der Waals surface area contributed by atoms with Crippen molar-refractivity contribution in [2.45, 2.75) is 32.6 Å². The zero-order valence-electron chi connectivity index (χ0n) is 10.3. The van der Waals surface area contributed by atoms with Gasteiger partial charge in [-0.2, -0.15) is 0 Å². The van der Waals surface area contributed by atoms with Gasteiger partial charge in [-0.25, -0.2) is 4.39 Å². The first-order valence-electron chi connectivity index (χ1n) is 5.89. The molecule has 2 nitrogen and oxygen atoms in total. The van der Waals surface area contributed by atoms with Crippen LogP contribution in [0.15, 0.2) is 18.2 Å². The fourth-order valence-electron chi connectivity index (χ4n) is 2.72. The van der Waals surface area contributed by atoms with E-state index in [4.69, 9.17) is 0 Å². The highest BCUT2D eigenvalue weighted by Gasteiger charge is 2.62. The molecule has 1 aromatic carbocycles. The van der Waals surface area contributed by atoms with Crippen LogP contribution in [0.5, 0.6) is 0 Å². The second-order valence-corrected chi connectivity index (χ2v) is 5.30. The van der Waals surface area contributed by atoms with E-state index in [1.807, 2.05) is 13.8 Å². The molecule has 2 atom stereocenters. The van der Waals surface area contributed by atoms with E-state index >= 15 is 0 Å². The number of aryl methyl sites for hydroxylation is 1. The molecule has 0 aromatic heterocycles. The van der Waals surface area contributed by atoms with Gasteiger partial charge in [0.05, 0.1) is 5.41 Å². The summed E-state index contributed by atoms with van der Waals surface area (Å²) in [5.74, 6) is -0.584. The number of hydrogen-bond acceptors (Lipinski definition) is 1. The third-order valence-corrected chi connectivity index (χ3v) is 3.87. The largest absolute Gasteiger partial charge is 0.481 e. The van der Waals surface area contributed by atoms with Crippen LogP contribution in [0.1, 0.15) is 31.4 Å². The Morgan fingerprint density at radius 2 is 2.18 bits per heavy atom. The topological polar surface area (TPSA) is 37.3 Å². The van der Waals surface area contributed by atoms with Crippen molar-refractivity contribution in [3.63, 3.8) is 0 Å². The summed E-state index contributed by atoms with van der Waals surface area (Å²) in [6.45, 7) is 5.73. The van der Waals surface area contributed by atoms with E-state index in [-0.39, 0.29) is 11.7 Å². The quantitative estimate of drug-likeness (QED) is 0.875. The minimum absolute atomic E-state index is 0.157. The van der Waals surface area contributed by atoms with Gasteiger partial charge in [-0.3, -0.25) is 4.79 Å². The Bertz CT molecular complexity index is 467. The number of benzene rings is 1. The van der Waals surface area contributed by atoms with Crippen molar-refractivity contribution in [1.82, 2.24) is 0 Å². The van der Waals surface area contributed by atoms with Gasteiger partial charge in [0.1, 0.15) is 5.82 Å². The molecule has 17 heavy (non-hydrogen) atoms. The Hall–Kier alpha value is -1.38. The summed E-state index contributed by atoms with van der Waals surface area (Å²) in [5.41, 5.74) is 0.465. The summed E-state index contributed by atoms with van der Waals surface area (Å²) in [5, 5.41) is 9.44. The molecule has 3 heteroatoms. The van der Waals surface area contributed by atoms with Crippen LogP contribution in [-0.2, 0) is 10.2 Å². The van der Waals surface area contributed by atoms with E-state index < -0.39 is 11.4 Å². The Morgan fingerprint density at radius 1 is 1.53 bits per heavy atom. The summed E-state index contributed by atoms with van der Waals surface area (Å²) >= 11 is 0. The van der Waals surface area contributed by atoms with Gasteiger partial charge in [0.15, 0.2) is 0 Å². The predicted molar refractivity (Wildman–Crippen MR) is 63.4 cm³/mol. The Labute approximate surface area is 100 Å². The van der Waals surface area contributed by atoms with E-state index in [0.29, 0.717) is 17.9 Å². The zero-order valence-corrected chi connectivity index (χ0v) is 10.3. The molecule has 1 aliphatic rings. The van der Waals surface area contributed by atoms with E-state index in [1.165, 1.54) is 6.07 Å². The maximum absolute atomic E-state index is 13.2. The summed E-state index contributed by atoms with van der Waals surface area (Å²) in [6, 6.07) is 4.65. The molecular formula is C14H17FO2. The molecule has 1 saturated carbocycles. The molecular weight excluding hydrogens is 219 g/mol. The van der Waals surface area contributed by atoms with E-state index in [0.717, 1.165) is 5.56 Å². The lowest BCUT2D eigenvalue weighted by atomic mass is 9.88. The van der Waals surface area contributed by atoms with Crippen LogP contribution in [0, 0.1) is 24.6 Å². The van der Waals surface area contributed by atoms with Crippen LogP contribution in [-0.4, -0.2) is 11.1 Å². The maximum atomic E-state index is 13.2. The van der Waals surface area contributed by atoms with Crippen molar-refractivity contribution in [2.24, 2.45) is 11.8 Å². The first-order chi connectivity index (χ1) is 7.89. The van der Waals surface area contributed by atoms with Crippen molar-refractivity contribution in [3.05, 3.63) is 35.1 Å². The second-order valence-electron chi connectivity index (χ2n) is 5.30. The van der Waals surface area contributed by atoms with Crippen LogP contribution in [0.2, 0.25) is 0 Å². The number of rotatable bonds is 3. The molecule has 0 bridgehead atoms. The van der Waals surface area contributed by atoms with Crippen molar-refractivity contribution in [3.8, 4) is 0 Å². The van der Waals surface area contributed by atoms with Crippen LogP contribution < -0.4 is 0 Å². The number of carbonyl (C=O) groups is 1. The molecule has 1 fully saturated rings. The van der Waals surface area contributed by atoms with Crippen molar-refractivity contribution >= 4 is 5.97 Å². The average Bonchev–Trinajstić information content (AvgIpc) is 2.98. The monoisotopic (exact) mass is 236 g/mol. The van der Waals surface area contributed by atoms with E-state index in [9.17, 15) is 14.3 Å². The van der Waals surface area contributed by atoms with E-state index in [2.05, 4.69) is 0 Å². The Kier molecular flexibility index (Phi) is 2.72. The van der Waals surface area contributed by atoms with Crippen LogP contribution in [0.3, 0.4) is 0 Å². The van der Waals surface area contributed by atoms with Gasteiger partial charge in [-0.05, 0) is 42.4 Å². The molecule has 1 aromatic rings. The average molecular weight is 236 g/mol. The molecule has 0 heterocycles. The Morgan fingerprint density at radius 3 is 2.59 bits per heavy atom. The lowest BCUT2D eigenvalue weighted by Gasteiger charge is -2.15. The van der Waals surface area contributed by atoms with Crippen LogP contribution in [0.25, 0.3) is 0 Å². The minimum atomic E-state index is -0.790. The second kappa shape index (κ2) is 3.83. The zero-order chi connectivity index (χ0) is 12.8. The first-order valence-corrected chi connectivity index (χ1v) is 5.89. The number of hydrogen-bond donors (Lipinski definition) is 1.